The van der Waals surface area contributed by atoms with Crippen molar-refractivity contribution in [2.75, 3.05) is 4.90 Å². The molecule has 0 aliphatic rings. The first-order chi connectivity index (χ1) is 6.13. The summed E-state index contributed by atoms with van der Waals surface area (Å²) in [5.74, 6) is 0. The summed E-state index contributed by atoms with van der Waals surface area (Å²) in [6.07, 6.45) is 0. The molecule has 1 rings (SSSR count). The first-order valence-electron chi connectivity index (χ1n) is 4.96. The molecule has 0 saturated carbocycles. The van der Waals surface area contributed by atoms with Crippen LogP contribution in [-0.4, -0.2) is 12.1 Å². The van der Waals surface area contributed by atoms with Gasteiger partial charge in [-0.05, 0) is 39.8 Å². The van der Waals surface area contributed by atoms with E-state index in [1.54, 1.807) is 0 Å². The molecule has 0 aliphatic carbocycles. The van der Waals surface area contributed by atoms with Crippen molar-refractivity contribution < 1.29 is 40.6 Å². The summed E-state index contributed by atoms with van der Waals surface area (Å²) >= 11 is 0. The zero-order valence-electron chi connectivity index (χ0n) is 13.0. The van der Waals surface area contributed by atoms with Crippen LogP contribution in [0.25, 0.3) is 0 Å². The fraction of sp³-hybridized carbons (Fsp3) is 0.500. The van der Waals surface area contributed by atoms with Crippen molar-refractivity contribution in [2.45, 2.75) is 39.8 Å². The van der Waals surface area contributed by atoms with Crippen LogP contribution in [0.15, 0.2) is 30.3 Å². The Hall–Kier alpha value is 0.215. The van der Waals surface area contributed by atoms with Crippen LogP contribution in [0.3, 0.4) is 0 Å². The third kappa shape index (κ3) is 5.19. The normalized spacial score (nSPS) is 9.47. The Bertz CT molecular complexity index is 248. The van der Waals surface area contributed by atoms with Crippen molar-refractivity contribution in [3.8, 4) is 0 Å². The van der Waals surface area contributed by atoms with E-state index in [9.17, 15) is 0 Å². The smallest absolute Gasteiger partial charge is 1.00 e. The van der Waals surface area contributed by atoms with Gasteiger partial charge in [-0.3, -0.25) is 0 Å². The minimum absolute atomic E-state index is 0. The maximum atomic E-state index is 2.42. The van der Waals surface area contributed by atoms with Crippen molar-refractivity contribution in [1.82, 2.24) is 0 Å². The number of nitrogens with zero attached hydrogens (tertiary/aromatic N) is 1. The van der Waals surface area contributed by atoms with Gasteiger partial charge in [0.25, 0.3) is 0 Å². The van der Waals surface area contributed by atoms with Gasteiger partial charge in [0.1, 0.15) is 0 Å². The molecule has 1 nitrogen and oxygen atoms in total. The molecule has 0 saturated heterocycles. The summed E-state index contributed by atoms with van der Waals surface area (Å²) in [5, 5.41) is 0. The summed E-state index contributed by atoms with van der Waals surface area (Å²) < 4.78 is 0. The van der Waals surface area contributed by atoms with E-state index in [2.05, 4.69) is 62.9 Å². The standard InChI is InChI=1S/C12H19N.2Li.2H/c1-10(2)13(11(3)4)12-8-6-5-7-9-12;;;;/h5-11H,1-4H3;;;;/q;2*+1;2*-1. The van der Waals surface area contributed by atoms with Gasteiger partial charge in [-0.25, -0.2) is 0 Å². The van der Waals surface area contributed by atoms with E-state index in [0.29, 0.717) is 12.1 Å². The van der Waals surface area contributed by atoms with Gasteiger partial charge >= 0.3 is 37.7 Å². The zero-order valence-corrected chi connectivity index (χ0v) is 11.0. The molecule has 0 radical (unpaired) electrons. The Kier molecular flexibility index (Phi) is 9.83. The van der Waals surface area contributed by atoms with Gasteiger partial charge in [-0.2, -0.15) is 0 Å². The van der Waals surface area contributed by atoms with Crippen molar-refractivity contribution in [2.24, 2.45) is 0 Å². The average molecular weight is 193 g/mol. The Balaban J connectivity index is -0.000000211. The summed E-state index contributed by atoms with van der Waals surface area (Å²) in [4.78, 5) is 2.42. The van der Waals surface area contributed by atoms with Crippen LogP contribution in [0, 0.1) is 0 Å². The molecule has 76 valence electrons. The van der Waals surface area contributed by atoms with Crippen LogP contribution in [-0.2, 0) is 0 Å². The largest absolute Gasteiger partial charge is 1.00 e. The van der Waals surface area contributed by atoms with Crippen LogP contribution >= 0.6 is 0 Å². The molecule has 0 amide bonds. The SMILES string of the molecule is CC(C)N(c1ccccc1)C(C)C.[H-].[H-].[Li+].[Li+]. The summed E-state index contributed by atoms with van der Waals surface area (Å²) in [6.45, 7) is 8.92. The molecular formula is C12H21Li2N. The number of benzene rings is 1. The van der Waals surface area contributed by atoms with Crippen LogP contribution in [0.1, 0.15) is 30.5 Å². The molecular weight excluding hydrogens is 172 g/mol. The van der Waals surface area contributed by atoms with Gasteiger partial charge in [0.2, 0.25) is 0 Å². The van der Waals surface area contributed by atoms with Crippen LogP contribution in [0.2, 0.25) is 0 Å². The van der Waals surface area contributed by atoms with Gasteiger partial charge in [0.05, 0.1) is 0 Å². The second-order valence-electron chi connectivity index (χ2n) is 3.93. The fourth-order valence-corrected chi connectivity index (χ4v) is 1.79. The Labute approximate surface area is 121 Å². The first-order valence-corrected chi connectivity index (χ1v) is 4.96. The molecule has 0 unspecified atom stereocenters. The van der Waals surface area contributed by atoms with Crippen LogP contribution < -0.4 is 42.6 Å². The van der Waals surface area contributed by atoms with Crippen molar-refractivity contribution in [3.05, 3.63) is 30.3 Å². The quantitative estimate of drug-likeness (QED) is 0.481. The molecule has 0 aliphatic heterocycles. The monoisotopic (exact) mass is 193 g/mol. The Morgan fingerprint density at radius 3 is 1.60 bits per heavy atom. The van der Waals surface area contributed by atoms with Gasteiger partial charge in [0.15, 0.2) is 0 Å². The number of rotatable bonds is 3. The maximum absolute atomic E-state index is 2.42. The molecule has 1 aromatic carbocycles. The molecule has 0 bridgehead atoms. The minimum atomic E-state index is 0. The van der Waals surface area contributed by atoms with Gasteiger partial charge in [-0.1, -0.05) is 18.2 Å². The second-order valence-corrected chi connectivity index (χ2v) is 3.93. The van der Waals surface area contributed by atoms with E-state index in [0.717, 1.165) is 0 Å². The first kappa shape index (κ1) is 17.6. The molecule has 0 fully saturated rings. The molecule has 3 heteroatoms. The number of para-hydroxylation sites is 1. The third-order valence-electron chi connectivity index (χ3n) is 2.17. The van der Waals surface area contributed by atoms with E-state index < -0.39 is 0 Å². The summed E-state index contributed by atoms with van der Waals surface area (Å²) in [6, 6.07) is 11.7. The number of anilines is 1. The number of hydrogen-bond acceptors (Lipinski definition) is 1. The molecule has 0 spiro atoms. The topological polar surface area (TPSA) is 3.24 Å². The van der Waals surface area contributed by atoms with Gasteiger partial charge < -0.3 is 7.75 Å². The second kappa shape index (κ2) is 8.38. The predicted molar refractivity (Wildman–Crippen MR) is 61.4 cm³/mol. The maximum Gasteiger partial charge on any atom is 1.00 e. The Morgan fingerprint density at radius 2 is 1.27 bits per heavy atom. The molecule has 1 aromatic rings. The zero-order chi connectivity index (χ0) is 9.84. The van der Waals surface area contributed by atoms with Crippen LogP contribution in [0.5, 0.6) is 0 Å². The predicted octanol–water partition coefficient (Wildman–Crippen LogP) is -2.46. The van der Waals surface area contributed by atoms with Gasteiger partial charge in [-0.15, -0.1) is 0 Å². The van der Waals surface area contributed by atoms with Crippen molar-refractivity contribution in [3.63, 3.8) is 0 Å². The fourth-order valence-electron chi connectivity index (χ4n) is 1.79. The van der Waals surface area contributed by atoms with Crippen molar-refractivity contribution in [1.29, 1.82) is 0 Å². The van der Waals surface area contributed by atoms with E-state index in [4.69, 9.17) is 0 Å². The third-order valence-corrected chi connectivity index (χ3v) is 2.17. The number of hydrogen-bond donors (Lipinski definition) is 0. The van der Waals surface area contributed by atoms with Crippen molar-refractivity contribution >= 4 is 5.69 Å². The molecule has 0 N–H and O–H groups in total. The van der Waals surface area contributed by atoms with E-state index in [-0.39, 0.29) is 40.6 Å². The van der Waals surface area contributed by atoms with E-state index in [1.807, 2.05) is 0 Å². The van der Waals surface area contributed by atoms with E-state index in [1.165, 1.54) is 5.69 Å². The Morgan fingerprint density at radius 1 is 0.867 bits per heavy atom. The minimum Gasteiger partial charge on any atom is -1.00 e. The molecule has 15 heavy (non-hydrogen) atoms. The molecule has 0 heterocycles. The van der Waals surface area contributed by atoms with E-state index >= 15 is 0 Å². The molecule has 0 aromatic heterocycles. The van der Waals surface area contributed by atoms with Gasteiger partial charge in [0, 0.05) is 17.8 Å². The summed E-state index contributed by atoms with van der Waals surface area (Å²) in [5.41, 5.74) is 1.31. The molecule has 0 atom stereocenters. The average Bonchev–Trinajstić information content (AvgIpc) is 2.04. The van der Waals surface area contributed by atoms with Crippen LogP contribution in [0.4, 0.5) is 5.69 Å². The summed E-state index contributed by atoms with van der Waals surface area (Å²) in [7, 11) is 0.